The summed E-state index contributed by atoms with van der Waals surface area (Å²) >= 11 is 9.94. The molecule has 0 aliphatic rings. The maximum Gasteiger partial charge on any atom is 0.0695 e. The molecule has 1 heterocycles. The second-order valence-electron chi connectivity index (χ2n) is 2.65. The van der Waals surface area contributed by atoms with Gasteiger partial charge < -0.3 is 5.11 Å². The van der Waals surface area contributed by atoms with Crippen LogP contribution in [0.25, 0.3) is 10.1 Å². The molecule has 0 amide bonds. The van der Waals surface area contributed by atoms with E-state index in [2.05, 4.69) is 28.0 Å². The lowest BCUT2D eigenvalue weighted by atomic mass is 10.2. The van der Waals surface area contributed by atoms with Crippen LogP contribution in [0.3, 0.4) is 0 Å². The molecule has 1 aromatic heterocycles. The molecular weight excluding hydrogens is 319 g/mol. The fraction of sp³-hybridized carbons (Fsp3) is 0.111. The van der Waals surface area contributed by atoms with Gasteiger partial charge in [-0.25, -0.2) is 0 Å². The average molecular weight is 325 g/mol. The number of thiophene rings is 1. The molecule has 0 atom stereocenters. The van der Waals surface area contributed by atoms with Crippen molar-refractivity contribution in [1.82, 2.24) is 0 Å². The van der Waals surface area contributed by atoms with E-state index in [9.17, 15) is 0 Å². The minimum Gasteiger partial charge on any atom is -0.392 e. The lowest BCUT2D eigenvalue weighted by molar-refractivity contribution is 0.283. The third-order valence-electron chi connectivity index (χ3n) is 1.88. The molecule has 1 nitrogen and oxygen atoms in total. The van der Waals surface area contributed by atoms with Crippen LogP contribution in [-0.4, -0.2) is 5.11 Å². The predicted molar refractivity (Wildman–Crippen MR) is 65.5 cm³/mol. The molecule has 2 aromatic rings. The molecule has 0 fully saturated rings. The molecule has 1 N–H and O–H groups in total. The molecule has 0 bridgehead atoms. The van der Waals surface area contributed by atoms with Crippen molar-refractivity contribution >= 4 is 55.6 Å². The third-order valence-corrected chi connectivity index (χ3v) is 4.52. The van der Waals surface area contributed by atoms with E-state index in [-0.39, 0.29) is 6.61 Å². The van der Waals surface area contributed by atoms with Gasteiger partial charge in [0.05, 0.1) is 11.6 Å². The largest absolute Gasteiger partial charge is 0.392 e. The van der Waals surface area contributed by atoms with Crippen molar-refractivity contribution in [2.45, 2.75) is 6.61 Å². The van der Waals surface area contributed by atoms with Gasteiger partial charge >= 0.3 is 0 Å². The van der Waals surface area contributed by atoms with E-state index in [1.54, 1.807) is 11.3 Å². The molecule has 2 rings (SSSR count). The number of hydrogen-bond acceptors (Lipinski definition) is 2. The lowest BCUT2D eigenvalue weighted by Gasteiger charge is -2.00. The third kappa shape index (κ3) is 1.58. The van der Waals surface area contributed by atoms with Crippen molar-refractivity contribution < 1.29 is 5.11 Å². The Morgan fingerprint density at radius 3 is 2.92 bits per heavy atom. The van der Waals surface area contributed by atoms with E-state index in [4.69, 9.17) is 16.7 Å². The minimum atomic E-state index is 0.0737. The summed E-state index contributed by atoms with van der Waals surface area (Å²) in [5, 5.41) is 13.0. The van der Waals surface area contributed by atoms with Gasteiger partial charge in [-0.15, -0.1) is 11.3 Å². The van der Waals surface area contributed by atoms with E-state index in [0.717, 1.165) is 24.2 Å². The van der Waals surface area contributed by atoms with E-state index >= 15 is 0 Å². The highest BCUT2D eigenvalue weighted by molar-refractivity contribution is 14.1. The van der Waals surface area contributed by atoms with Gasteiger partial charge in [0.1, 0.15) is 0 Å². The maximum atomic E-state index is 9.10. The van der Waals surface area contributed by atoms with Gasteiger partial charge in [0.15, 0.2) is 0 Å². The SMILES string of the molecule is OCc1ccc(Cl)c2c(I)csc12. The van der Waals surface area contributed by atoms with Crippen molar-refractivity contribution in [3.8, 4) is 0 Å². The Morgan fingerprint density at radius 2 is 2.23 bits per heavy atom. The van der Waals surface area contributed by atoms with Crippen LogP contribution in [0, 0.1) is 3.57 Å². The van der Waals surface area contributed by atoms with Crippen LogP contribution in [0.15, 0.2) is 17.5 Å². The van der Waals surface area contributed by atoms with Gasteiger partial charge in [0, 0.05) is 19.0 Å². The summed E-state index contributed by atoms with van der Waals surface area (Å²) in [6.07, 6.45) is 0. The van der Waals surface area contributed by atoms with Crippen molar-refractivity contribution in [2.24, 2.45) is 0 Å². The quantitative estimate of drug-likeness (QED) is 0.794. The maximum absolute atomic E-state index is 9.10. The Labute approximate surface area is 98.5 Å². The summed E-state index contributed by atoms with van der Waals surface area (Å²) in [7, 11) is 0. The summed E-state index contributed by atoms with van der Waals surface area (Å²) in [5.41, 5.74) is 0.951. The average Bonchev–Trinajstić information content (AvgIpc) is 2.50. The van der Waals surface area contributed by atoms with Gasteiger partial charge in [-0.2, -0.15) is 0 Å². The van der Waals surface area contributed by atoms with E-state index in [1.165, 1.54) is 0 Å². The van der Waals surface area contributed by atoms with E-state index in [1.807, 2.05) is 12.1 Å². The number of benzene rings is 1. The zero-order chi connectivity index (χ0) is 9.42. The van der Waals surface area contributed by atoms with Crippen LogP contribution in [0.4, 0.5) is 0 Å². The highest BCUT2D eigenvalue weighted by Crippen LogP contribution is 2.35. The number of hydrogen-bond donors (Lipinski definition) is 1. The van der Waals surface area contributed by atoms with E-state index in [0.29, 0.717) is 0 Å². The summed E-state index contributed by atoms with van der Waals surface area (Å²) in [6.45, 7) is 0.0737. The van der Waals surface area contributed by atoms with Crippen molar-refractivity contribution in [2.75, 3.05) is 0 Å². The Morgan fingerprint density at radius 1 is 1.46 bits per heavy atom. The number of aliphatic hydroxyl groups is 1. The fourth-order valence-electron chi connectivity index (χ4n) is 1.25. The van der Waals surface area contributed by atoms with Crippen LogP contribution in [0.5, 0.6) is 0 Å². The molecule has 1 aromatic carbocycles. The highest BCUT2D eigenvalue weighted by atomic mass is 127. The fourth-order valence-corrected chi connectivity index (χ4v) is 3.81. The standard InChI is InChI=1S/C9H6ClIOS/c10-6-2-1-5(3-12)9-8(6)7(11)4-13-9/h1-2,4,12H,3H2. The van der Waals surface area contributed by atoms with Crippen LogP contribution in [-0.2, 0) is 6.61 Å². The van der Waals surface area contributed by atoms with Crippen LogP contribution in [0.1, 0.15) is 5.56 Å². The Kier molecular flexibility index (Phi) is 2.78. The molecule has 0 saturated carbocycles. The predicted octanol–water partition coefficient (Wildman–Crippen LogP) is 3.65. The Hall–Kier alpha value is 0.160. The molecular formula is C9H6ClIOS. The zero-order valence-corrected chi connectivity index (χ0v) is 10.3. The molecule has 0 aliphatic carbocycles. The normalized spacial score (nSPS) is 11.0. The molecule has 0 unspecified atom stereocenters. The highest BCUT2D eigenvalue weighted by Gasteiger charge is 2.08. The number of fused-ring (bicyclic) bond motifs is 1. The van der Waals surface area contributed by atoms with Gasteiger partial charge in [-0.1, -0.05) is 17.7 Å². The molecule has 0 spiro atoms. The first-order chi connectivity index (χ1) is 6.24. The van der Waals surface area contributed by atoms with Crippen LogP contribution in [0.2, 0.25) is 5.02 Å². The molecule has 4 heteroatoms. The van der Waals surface area contributed by atoms with E-state index < -0.39 is 0 Å². The Bertz CT molecular complexity index is 452. The number of halogens is 2. The van der Waals surface area contributed by atoms with Crippen molar-refractivity contribution in [1.29, 1.82) is 0 Å². The monoisotopic (exact) mass is 324 g/mol. The van der Waals surface area contributed by atoms with Crippen LogP contribution >= 0.6 is 45.5 Å². The van der Waals surface area contributed by atoms with Gasteiger partial charge in [0.25, 0.3) is 0 Å². The first kappa shape index (κ1) is 9.71. The van der Waals surface area contributed by atoms with Gasteiger partial charge in [-0.05, 0) is 34.2 Å². The zero-order valence-electron chi connectivity index (χ0n) is 6.55. The first-order valence-corrected chi connectivity index (χ1v) is 6.02. The summed E-state index contributed by atoms with van der Waals surface area (Å²) in [5.74, 6) is 0. The lowest BCUT2D eigenvalue weighted by Crippen LogP contribution is -1.83. The Balaban J connectivity index is 2.87. The van der Waals surface area contributed by atoms with Gasteiger partial charge in [-0.3, -0.25) is 0 Å². The van der Waals surface area contributed by atoms with Gasteiger partial charge in [0.2, 0.25) is 0 Å². The number of aliphatic hydroxyl groups excluding tert-OH is 1. The second-order valence-corrected chi connectivity index (χ2v) is 5.10. The molecule has 68 valence electrons. The van der Waals surface area contributed by atoms with Crippen molar-refractivity contribution in [3.05, 3.63) is 31.7 Å². The molecule has 0 aliphatic heterocycles. The minimum absolute atomic E-state index is 0.0737. The summed E-state index contributed by atoms with van der Waals surface area (Å²) in [6, 6.07) is 3.71. The number of rotatable bonds is 1. The molecule has 0 saturated heterocycles. The molecule has 13 heavy (non-hydrogen) atoms. The molecule has 0 radical (unpaired) electrons. The summed E-state index contributed by atoms with van der Waals surface area (Å²) in [4.78, 5) is 0. The van der Waals surface area contributed by atoms with Crippen LogP contribution < -0.4 is 0 Å². The smallest absolute Gasteiger partial charge is 0.0695 e. The summed E-state index contributed by atoms with van der Waals surface area (Å²) < 4.78 is 2.25. The topological polar surface area (TPSA) is 20.2 Å². The van der Waals surface area contributed by atoms with Crippen molar-refractivity contribution in [3.63, 3.8) is 0 Å². The first-order valence-electron chi connectivity index (χ1n) is 3.69. The second kappa shape index (κ2) is 3.73.